The van der Waals surface area contributed by atoms with Crippen molar-refractivity contribution in [1.29, 1.82) is 0 Å². The Balaban J connectivity index is 2.49. The van der Waals surface area contributed by atoms with E-state index >= 15 is 0 Å². The molecule has 0 radical (unpaired) electrons. The van der Waals surface area contributed by atoms with Gasteiger partial charge in [-0.3, -0.25) is 0 Å². The lowest BCUT2D eigenvalue weighted by molar-refractivity contribution is 0.416. The minimum atomic E-state index is 0.836. The third kappa shape index (κ3) is 1.98. The molecule has 0 aliphatic heterocycles. The number of anilines is 1. The van der Waals surface area contributed by atoms with Gasteiger partial charge < -0.3 is 10.1 Å². The molecule has 2 rings (SSSR count). The number of aromatic nitrogens is 1. The number of rotatable bonds is 3. The highest BCUT2D eigenvalue weighted by Crippen LogP contribution is 2.28. The molecule has 3 heteroatoms. The number of pyridine rings is 1. The van der Waals surface area contributed by atoms with Crippen molar-refractivity contribution < 1.29 is 4.74 Å². The summed E-state index contributed by atoms with van der Waals surface area (Å²) in [5, 5.41) is 3.02. The van der Waals surface area contributed by atoms with Gasteiger partial charge in [0.2, 0.25) is 0 Å². The monoisotopic (exact) mass is 214 g/mol. The van der Waals surface area contributed by atoms with Crippen molar-refractivity contribution in [3.8, 4) is 17.0 Å². The van der Waals surface area contributed by atoms with Crippen LogP contribution in [0, 0.1) is 0 Å². The van der Waals surface area contributed by atoms with E-state index in [2.05, 4.69) is 10.3 Å². The van der Waals surface area contributed by atoms with Crippen LogP contribution in [0.1, 0.15) is 0 Å². The number of ether oxygens (including phenoxy) is 1. The van der Waals surface area contributed by atoms with Crippen LogP contribution in [0.4, 0.5) is 5.82 Å². The molecule has 1 aromatic carbocycles. The lowest BCUT2D eigenvalue weighted by Gasteiger charge is -2.08. The third-order valence-corrected chi connectivity index (χ3v) is 2.39. The molecule has 0 aliphatic carbocycles. The summed E-state index contributed by atoms with van der Waals surface area (Å²) in [6.45, 7) is 0. The van der Waals surface area contributed by atoms with E-state index in [1.54, 1.807) is 7.11 Å². The van der Waals surface area contributed by atoms with E-state index in [0.717, 1.165) is 22.8 Å². The lowest BCUT2D eigenvalue weighted by Crippen LogP contribution is -1.94. The van der Waals surface area contributed by atoms with E-state index in [4.69, 9.17) is 4.74 Å². The molecule has 2 aromatic rings. The molecule has 1 heterocycles. The van der Waals surface area contributed by atoms with Crippen molar-refractivity contribution in [2.75, 3.05) is 19.5 Å². The zero-order chi connectivity index (χ0) is 11.4. The highest BCUT2D eigenvalue weighted by atomic mass is 16.5. The maximum absolute atomic E-state index is 5.31. The minimum Gasteiger partial charge on any atom is -0.496 e. The molecule has 82 valence electrons. The quantitative estimate of drug-likeness (QED) is 0.853. The van der Waals surface area contributed by atoms with Gasteiger partial charge in [-0.15, -0.1) is 0 Å². The number of para-hydroxylation sites is 1. The van der Waals surface area contributed by atoms with Gasteiger partial charge in [0.25, 0.3) is 0 Å². The first-order valence-corrected chi connectivity index (χ1v) is 5.13. The van der Waals surface area contributed by atoms with Crippen molar-refractivity contribution in [3.05, 3.63) is 42.5 Å². The molecular formula is C13H14N2O. The predicted octanol–water partition coefficient (Wildman–Crippen LogP) is 2.80. The van der Waals surface area contributed by atoms with Crippen LogP contribution in [0.5, 0.6) is 5.75 Å². The molecule has 0 bridgehead atoms. The fourth-order valence-electron chi connectivity index (χ4n) is 1.58. The predicted molar refractivity (Wildman–Crippen MR) is 65.8 cm³/mol. The summed E-state index contributed by atoms with van der Waals surface area (Å²) < 4.78 is 5.31. The summed E-state index contributed by atoms with van der Waals surface area (Å²) in [4.78, 5) is 4.48. The second kappa shape index (κ2) is 4.66. The zero-order valence-corrected chi connectivity index (χ0v) is 9.40. The van der Waals surface area contributed by atoms with Crippen LogP contribution in [0.25, 0.3) is 11.3 Å². The van der Waals surface area contributed by atoms with Crippen LogP contribution in [-0.4, -0.2) is 19.1 Å². The molecule has 1 aromatic heterocycles. The van der Waals surface area contributed by atoms with Gasteiger partial charge in [-0.25, -0.2) is 4.98 Å². The van der Waals surface area contributed by atoms with E-state index in [9.17, 15) is 0 Å². The Labute approximate surface area is 95.1 Å². The topological polar surface area (TPSA) is 34.1 Å². The van der Waals surface area contributed by atoms with Gasteiger partial charge in [0.1, 0.15) is 11.6 Å². The third-order valence-electron chi connectivity index (χ3n) is 2.39. The van der Waals surface area contributed by atoms with Crippen molar-refractivity contribution >= 4 is 5.82 Å². The Morgan fingerprint density at radius 3 is 2.62 bits per heavy atom. The highest BCUT2D eigenvalue weighted by molar-refractivity contribution is 5.68. The fourth-order valence-corrected chi connectivity index (χ4v) is 1.58. The number of nitrogens with zero attached hydrogens (tertiary/aromatic N) is 1. The van der Waals surface area contributed by atoms with E-state index in [1.165, 1.54) is 0 Å². The van der Waals surface area contributed by atoms with Gasteiger partial charge in [-0.1, -0.05) is 18.2 Å². The van der Waals surface area contributed by atoms with E-state index in [0.29, 0.717) is 0 Å². The van der Waals surface area contributed by atoms with Gasteiger partial charge in [0.15, 0.2) is 0 Å². The first kappa shape index (κ1) is 10.5. The van der Waals surface area contributed by atoms with Crippen LogP contribution < -0.4 is 10.1 Å². The second-order valence-electron chi connectivity index (χ2n) is 3.36. The Kier molecular flexibility index (Phi) is 3.05. The van der Waals surface area contributed by atoms with Crippen LogP contribution in [0.2, 0.25) is 0 Å². The summed E-state index contributed by atoms with van der Waals surface area (Å²) in [7, 11) is 3.52. The molecule has 0 saturated carbocycles. The van der Waals surface area contributed by atoms with Crippen molar-refractivity contribution in [3.63, 3.8) is 0 Å². The molecule has 0 spiro atoms. The second-order valence-corrected chi connectivity index (χ2v) is 3.36. The molecule has 0 atom stereocenters. The summed E-state index contributed by atoms with van der Waals surface area (Å²) in [6.07, 6.45) is 0. The maximum atomic E-state index is 5.31. The molecule has 0 aliphatic rings. The molecule has 3 nitrogen and oxygen atoms in total. The maximum Gasteiger partial charge on any atom is 0.128 e. The number of benzene rings is 1. The molecule has 0 amide bonds. The first-order valence-electron chi connectivity index (χ1n) is 5.13. The van der Waals surface area contributed by atoms with Gasteiger partial charge in [0.05, 0.1) is 12.8 Å². The van der Waals surface area contributed by atoms with Gasteiger partial charge in [-0.2, -0.15) is 0 Å². The molecule has 1 N–H and O–H groups in total. The molecule has 0 fully saturated rings. The number of nitrogens with one attached hydrogen (secondary N) is 1. The summed E-state index contributed by atoms with van der Waals surface area (Å²) in [5.41, 5.74) is 1.91. The number of hydrogen-bond donors (Lipinski definition) is 1. The molecule has 16 heavy (non-hydrogen) atoms. The largest absolute Gasteiger partial charge is 0.496 e. The van der Waals surface area contributed by atoms with Crippen molar-refractivity contribution in [2.45, 2.75) is 0 Å². The first-order chi connectivity index (χ1) is 7.85. The molecular weight excluding hydrogens is 200 g/mol. The van der Waals surface area contributed by atoms with Gasteiger partial charge in [0, 0.05) is 12.6 Å². The van der Waals surface area contributed by atoms with Crippen molar-refractivity contribution in [2.24, 2.45) is 0 Å². The van der Waals surface area contributed by atoms with Crippen LogP contribution in [-0.2, 0) is 0 Å². The Hall–Kier alpha value is -2.03. The Morgan fingerprint density at radius 2 is 1.88 bits per heavy atom. The summed E-state index contributed by atoms with van der Waals surface area (Å²) >= 11 is 0. The normalized spacial score (nSPS) is 9.88. The average molecular weight is 214 g/mol. The van der Waals surface area contributed by atoms with Gasteiger partial charge >= 0.3 is 0 Å². The van der Waals surface area contributed by atoms with Gasteiger partial charge in [-0.05, 0) is 24.3 Å². The average Bonchev–Trinajstić information content (AvgIpc) is 2.38. The van der Waals surface area contributed by atoms with Crippen LogP contribution in [0.3, 0.4) is 0 Å². The number of methoxy groups -OCH3 is 1. The Morgan fingerprint density at radius 1 is 1.06 bits per heavy atom. The molecule has 0 unspecified atom stereocenters. The summed E-state index contributed by atoms with van der Waals surface area (Å²) in [5.74, 6) is 1.69. The minimum absolute atomic E-state index is 0.836. The summed E-state index contributed by atoms with van der Waals surface area (Å²) in [6, 6.07) is 13.7. The van der Waals surface area contributed by atoms with Crippen LogP contribution >= 0.6 is 0 Å². The van der Waals surface area contributed by atoms with Crippen molar-refractivity contribution in [1.82, 2.24) is 4.98 Å². The SMILES string of the molecule is CNc1cccc(-c2ccccc2OC)n1. The van der Waals surface area contributed by atoms with E-state index in [-0.39, 0.29) is 0 Å². The van der Waals surface area contributed by atoms with E-state index in [1.807, 2.05) is 49.5 Å². The fraction of sp³-hybridized carbons (Fsp3) is 0.154. The van der Waals surface area contributed by atoms with Crippen LogP contribution in [0.15, 0.2) is 42.5 Å². The smallest absolute Gasteiger partial charge is 0.128 e. The highest BCUT2D eigenvalue weighted by Gasteiger charge is 2.05. The zero-order valence-electron chi connectivity index (χ0n) is 9.40. The lowest BCUT2D eigenvalue weighted by atomic mass is 10.1. The standard InChI is InChI=1S/C13H14N2O/c1-14-13-9-5-7-11(15-13)10-6-3-4-8-12(10)16-2/h3-9H,1-2H3,(H,14,15). The van der Waals surface area contributed by atoms with E-state index < -0.39 is 0 Å². The molecule has 0 saturated heterocycles. The Bertz CT molecular complexity index is 483. The number of hydrogen-bond acceptors (Lipinski definition) is 3.